The third-order valence-corrected chi connectivity index (χ3v) is 3.12. The van der Waals surface area contributed by atoms with Gasteiger partial charge in [-0.05, 0) is 31.0 Å². The lowest BCUT2D eigenvalue weighted by Crippen LogP contribution is -2.30. The van der Waals surface area contributed by atoms with E-state index in [1.165, 1.54) is 0 Å². The zero-order chi connectivity index (χ0) is 11.9. The normalized spacial score (nSPS) is 14.6. The molecule has 0 N–H and O–H groups in total. The number of anilines is 1. The summed E-state index contributed by atoms with van der Waals surface area (Å²) < 4.78 is 0.836. The van der Waals surface area contributed by atoms with Crippen LogP contribution >= 0.6 is 15.9 Å². The fourth-order valence-electron chi connectivity index (χ4n) is 2.04. The van der Waals surface area contributed by atoms with Gasteiger partial charge in [-0.1, -0.05) is 22.9 Å². The third-order valence-electron chi connectivity index (χ3n) is 2.67. The topological polar surface area (TPSA) is 37.4 Å². The van der Waals surface area contributed by atoms with Crippen LogP contribution in [0.25, 0.3) is 0 Å². The molecule has 0 fully saturated rings. The van der Waals surface area contributed by atoms with Gasteiger partial charge in [-0.2, -0.15) is 0 Å². The largest absolute Gasteiger partial charge is 0.305 e. The molecule has 0 aliphatic carbocycles. The van der Waals surface area contributed by atoms with Crippen LogP contribution in [0.1, 0.15) is 29.3 Å². The average Bonchev–Trinajstić information content (AvgIpc) is 2.44. The molecule has 16 heavy (non-hydrogen) atoms. The third kappa shape index (κ3) is 1.57. The predicted molar refractivity (Wildman–Crippen MR) is 65.9 cm³/mol. The first kappa shape index (κ1) is 11.3. The Kier molecular flexibility index (Phi) is 2.84. The number of carbonyl (C=O) groups is 2. The number of carbonyl (C=O) groups excluding carboxylic acids is 2. The van der Waals surface area contributed by atoms with Crippen LogP contribution in [0, 0.1) is 6.92 Å². The lowest BCUT2D eigenvalue weighted by molar-refractivity contribution is -0.114. The van der Waals surface area contributed by atoms with Gasteiger partial charge in [-0.25, -0.2) is 0 Å². The minimum atomic E-state index is -0.405. The van der Waals surface area contributed by atoms with E-state index < -0.39 is 11.7 Å². The highest BCUT2D eigenvalue weighted by Gasteiger charge is 2.36. The Bertz CT molecular complexity index is 482. The van der Waals surface area contributed by atoms with Crippen molar-refractivity contribution in [2.45, 2.75) is 20.3 Å². The standard InChI is InChI=1S/C12H12BrNO2/c1-3-4-14-10-7(2)5-8(13)6-9(10)11(15)12(14)16/h5-6H,3-4H2,1-2H3. The minimum absolute atomic E-state index is 0.396. The van der Waals surface area contributed by atoms with Crippen LogP contribution in [0.5, 0.6) is 0 Å². The SMILES string of the molecule is CCCN1C(=O)C(=O)c2cc(Br)cc(C)c21. The van der Waals surface area contributed by atoms with Gasteiger partial charge in [-0.3, -0.25) is 9.59 Å². The maximum Gasteiger partial charge on any atom is 0.299 e. The monoisotopic (exact) mass is 281 g/mol. The van der Waals surface area contributed by atoms with Crippen LogP contribution in [0.2, 0.25) is 0 Å². The predicted octanol–water partition coefficient (Wildman–Crippen LogP) is 2.70. The second-order valence-electron chi connectivity index (χ2n) is 3.90. The maximum absolute atomic E-state index is 11.8. The summed E-state index contributed by atoms with van der Waals surface area (Å²) in [6.07, 6.45) is 0.841. The molecule has 1 amide bonds. The number of ketones is 1. The molecule has 84 valence electrons. The van der Waals surface area contributed by atoms with Gasteiger partial charge in [0.1, 0.15) is 0 Å². The van der Waals surface area contributed by atoms with Gasteiger partial charge in [0, 0.05) is 11.0 Å². The molecule has 1 heterocycles. The summed E-state index contributed by atoms with van der Waals surface area (Å²) in [5.41, 5.74) is 2.25. The van der Waals surface area contributed by atoms with E-state index in [1.54, 1.807) is 11.0 Å². The number of amides is 1. The Morgan fingerprint density at radius 3 is 2.62 bits per heavy atom. The van der Waals surface area contributed by atoms with E-state index in [0.717, 1.165) is 22.1 Å². The first-order valence-corrected chi connectivity index (χ1v) is 6.02. The first-order chi connectivity index (χ1) is 7.56. The van der Waals surface area contributed by atoms with Gasteiger partial charge in [-0.15, -0.1) is 0 Å². The molecule has 0 bridgehead atoms. The molecule has 0 radical (unpaired) electrons. The molecule has 1 aromatic rings. The number of nitrogens with zero attached hydrogens (tertiary/aromatic N) is 1. The molecule has 1 aliphatic rings. The second kappa shape index (κ2) is 4.01. The zero-order valence-electron chi connectivity index (χ0n) is 9.21. The number of benzene rings is 1. The van der Waals surface area contributed by atoms with Crippen LogP contribution < -0.4 is 4.90 Å². The molecule has 1 aliphatic heterocycles. The molecule has 0 unspecified atom stereocenters. The molecule has 0 atom stereocenters. The number of aryl methyl sites for hydroxylation is 1. The van der Waals surface area contributed by atoms with Crippen LogP contribution in [0.15, 0.2) is 16.6 Å². The summed E-state index contributed by atoms with van der Waals surface area (Å²) >= 11 is 3.34. The fourth-order valence-corrected chi connectivity index (χ4v) is 2.62. The summed E-state index contributed by atoms with van der Waals surface area (Å²) in [4.78, 5) is 25.1. The Hall–Kier alpha value is -1.16. The average molecular weight is 282 g/mol. The van der Waals surface area contributed by atoms with Crippen molar-refractivity contribution in [3.8, 4) is 0 Å². The van der Waals surface area contributed by atoms with Gasteiger partial charge < -0.3 is 4.90 Å². The van der Waals surface area contributed by atoms with Crippen molar-refractivity contribution >= 4 is 33.3 Å². The summed E-state index contributed by atoms with van der Waals surface area (Å²) in [7, 11) is 0. The Balaban J connectivity index is 2.60. The van der Waals surface area contributed by atoms with Crippen molar-refractivity contribution in [3.05, 3.63) is 27.7 Å². The van der Waals surface area contributed by atoms with E-state index in [4.69, 9.17) is 0 Å². The number of hydrogen-bond acceptors (Lipinski definition) is 2. The van der Waals surface area contributed by atoms with Crippen LogP contribution in [0.4, 0.5) is 5.69 Å². The van der Waals surface area contributed by atoms with Gasteiger partial charge in [0.2, 0.25) is 0 Å². The van der Waals surface area contributed by atoms with E-state index in [0.29, 0.717) is 12.1 Å². The molecule has 0 saturated heterocycles. The van der Waals surface area contributed by atoms with Gasteiger partial charge in [0.25, 0.3) is 11.7 Å². The summed E-state index contributed by atoms with van der Waals surface area (Å²) in [6.45, 7) is 4.50. The second-order valence-corrected chi connectivity index (χ2v) is 4.82. The quantitative estimate of drug-likeness (QED) is 0.782. The van der Waals surface area contributed by atoms with Crippen LogP contribution in [0.3, 0.4) is 0 Å². The lowest BCUT2D eigenvalue weighted by Gasteiger charge is -2.17. The van der Waals surface area contributed by atoms with Crippen molar-refractivity contribution in [1.82, 2.24) is 0 Å². The van der Waals surface area contributed by atoms with E-state index in [-0.39, 0.29) is 0 Å². The van der Waals surface area contributed by atoms with Crippen LogP contribution in [-0.2, 0) is 4.79 Å². The van der Waals surface area contributed by atoms with Gasteiger partial charge in [0.15, 0.2) is 0 Å². The number of Topliss-reactive ketones (excluding diaryl/α,β-unsaturated/α-hetero) is 1. The Morgan fingerprint density at radius 2 is 2.00 bits per heavy atom. The number of hydrogen-bond donors (Lipinski definition) is 0. The molecule has 2 rings (SSSR count). The zero-order valence-corrected chi connectivity index (χ0v) is 10.8. The van der Waals surface area contributed by atoms with Crippen molar-refractivity contribution in [1.29, 1.82) is 0 Å². The highest BCUT2D eigenvalue weighted by Crippen LogP contribution is 2.34. The van der Waals surface area contributed by atoms with E-state index in [1.807, 2.05) is 19.9 Å². The number of rotatable bonds is 2. The molecule has 0 saturated carbocycles. The van der Waals surface area contributed by atoms with Crippen molar-refractivity contribution in [2.24, 2.45) is 0 Å². The Labute approximate surface area is 103 Å². The Morgan fingerprint density at radius 1 is 1.31 bits per heavy atom. The maximum atomic E-state index is 11.8. The van der Waals surface area contributed by atoms with Crippen molar-refractivity contribution < 1.29 is 9.59 Å². The molecule has 4 heteroatoms. The fraction of sp³-hybridized carbons (Fsp3) is 0.333. The number of fused-ring (bicyclic) bond motifs is 1. The van der Waals surface area contributed by atoms with Crippen molar-refractivity contribution in [2.75, 3.05) is 11.4 Å². The van der Waals surface area contributed by atoms with Gasteiger partial charge >= 0.3 is 0 Å². The highest BCUT2D eigenvalue weighted by atomic mass is 79.9. The lowest BCUT2D eigenvalue weighted by atomic mass is 10.1. The van der Waals surface area contributed by atoms with Crippen molar-refractivity contribution in [3.63, 3.8) is 0 Å². The smallest absolute Gasteiger partial charge is 0.299 e. The summed E-state index contributed by atoms with van der Waals surface area (Å²) in [5, 5.41) is 0. The molecular weight excluding hydrogens is 270 g/mol. The molecular formula is C12H12BrNO2. The first-order valence-electron chi connectivity index (χ1n) is 5.22. The molecule has 0 spiro atoms. The van der Waals surface area contributed by atoms with E-state index >= 15 is 0 Å². The number of halogens is 1. The molecule has 1 aromatic carbocycles. The van der Waals surface area contributed by atoms with E-state index in [2.05, 4.69) is 15.9 Å². The molecule has 0 aromatic heterocycles. The highest BCUT2D eigenvalue weighted by molar-refractivity contribution is 9.10. The molecule has 3 nitrogen and oxygen atoms in total. The summed E-state index contributed by atoms with van der Waals surface area (Å²) in [6, 6.07) is 3.64. The summed E-state index contributed by atoms with van der Waals surface area (Å²) in [5.74, 6) is -0.800. The minimum Gasteiger partial charge on any atom is -0.305 e. The van der Waals surface area contributed by atoms with Gasteiger partial charge in [0.05, 0.1) is 11.3 Å². The van der Waals surface area contributed by atoms with Crippen LogP contribution in [-0.4, -0.2) is 18.2 Å². The van der Waals surface area contributed by atoms with E-state index in [9.17, 15) is 9.59 Å².